The highest BCUT2D eigenvalue weighted by atomic mass is 16.5. The summed E-state index contributed by atoms with van der Waals surface area (Å²) in [5, 5.41) is 2.96. The molecule has 4 heteroatoms. The number of anilines is 1. The van der Waals surface area contributed by atoms with Gasteiger partial charge in [0.1, 0.15) is 5.75 Å². The molecule has 0 aliphatic heterocycles. The van der Waals surface area contributed by atoms with Crippen LogP contribution in [0.4, 0.5) is 5.69 Å². The number of benzene rings is 2. The second kappa shape index (κ2) is 6.31. The van der Waals surface area contributed by atoms with Crippen molar-refractivity contribution < 1.29 is 9.53 Å². The molecule has 0 aliphatic carbocycles. The molecule has 0 heterocycles. The molecule has 0 saturated heterocycles. The number of hydrogen-bond acceptors (Lipinski definition) is 3. The lowest BCUT2D eigenvalue weighted by atomic mass is 10.1. The standard InChI is InChI=1S/C17H20N2O2/c1-11-8-9-15(18)14(10-11)17(20)19-12(2)13-6-4-5-7-16(13)21-3/h4-10,12H,18H2,1-3H3,(H,19,20)/t12-/m1/s1. The Hall–Kier alpha value is -2.49. The number of methoxy groups -OCH3 is 1. The predicted octanol–water partition coefficient (Wildman–Crippen LogP) is 3.08. The van der Waals surface area contributed by atoms with Crippen LogP contribution >= 0.6 is 0 Å². The minimum absolute atomic E-state index is 0.173. The molecule has 0 radical (unpaired) electrons. The van der Waals surface area contributed by atoms with Gasteiger partial charge in [0.05, 0.1) is 18.7 Å². The number of nitrogens with one attached hydrogen (secondary N) is 1. The summed E-state index contributed by atoms with van der Waals surface area (Å²) in [7, 11) is 1.62. The van der Waals surface area contributed by atoms with Crippen LogP contribution < -0.4 is 15.8 Å². The third kappa shape index (κ3) is 3.34. The largest absolute Gasteiger partial charge is 0.496 e. The number of aryl methyl sites for hydroxylation is 1. The van der Waals surface area contributed by atoms with Gasteiger partial charge in [-0.1, -0.05) is 29.8 Å². The van der Waals surface area contributed by atoms with Crippen molar-refractivity contribution >= 4 is 11.6 Å². The molecule has 3 N–H and O–H groups in total. The molecule has 4 nitrogen and oxygen atoms in total. The first-order valence-corrected chi connectivity index (χ1v) is 6.83. The maximum atomic E-state index is 12.4. The Kier molecular flexibility index (Phi) is 4.48. The van der Waals surface area contributed by atoms with Crippen LogP contribution in [0.5, 0.6) is 5.75 Å². The van der Waals surface area contributed by atoms with E-state index in [2.05, 4.69) is 5.32 Å². The van der Waals surface area contributed by atoms with E-state index < -0.39 is 0 Å². The molecule has 0 unspecified atom stereocenters. The number of carbonyl (C=O) groups excluding carboxylic acids is 1. The van der Waals surface area contributed by atoms with Crippen molar-refractivity contribution in [1.29, 1.82) is 0 Å². The van der Waals surface area contributed by atoms with Crippen molar-refractivity contribution in [2.75, 3.05) is 12.8 Å². The second-order valence-electron chi connectivity index (χ2n) is 5.03. The average Bonchev–Trinajstić information content (AvgIpc) is 2.49. The molecule has 0 saturated carbocycles. The molecule has 2 aromatic carbocycles. The maximum Gasteiger partial charge on any atom is 0.253 e. The van der Waals surface area contributed by atoms with Crippen LogP contribution in [0.25, 0.3) is 0 Å². The van der Waals surface area contributed by atoms with E-state index in [1.54, 1.807) is 19.2 Å². The second-order valence-corrected chi connectivity index (χ2v) is 5.03. The number of hydrogen-bond donors (Lipinski definition) is 2. The van der Waals surface area contributed by atoms with Crippen LogP contribution in [-0.2, 0) is 0 Å². The lowest BCUT2D eigenvalue weighted by Crippen LogP contribution is -2.27. The molecule has 21 heavy (non-hydrogen) atoms. The van der Waals surface area contributed by atoms with Gasteiger partial charge in [0, 0.05) is 11.3 Å². The van der Waals surface area contributed by atoms with E-state index in [0.29, 0.717) is 11.3 Å². The summed E-state index contributed by atoms with van der Waals surface area (Å²) in [5.41, 5.74) is 8.78. The van der Waals surface area contributed by atoms with Crippen molar-refractivity contribution in [1.82, 2.24) is 5.32 Å². The summed E-state index contributed by atoms with van der Waals surface area (Å²) < 4.78 is 5.32. The number of ether oxygens (including phenoxy) is 1. The number of rotatable bonds is 4. The van der Waals surface area contributed by atoms with Crippen molar-refractivity contribution in [3.63, 3.8) is 0 Å². The van der Waals surface area contributed by atoms with Gasteiger partial charge in [0.25, 0.3) is 5.91 Å². The molecule has 2 aromatic rings. The normalized spacial score (nSPS) is 11.8. The fraction of sp³-hybridized carbons (Fsp3) is 0.235. The van der Waals surface area contributed by atoms with Gasteiger partial charge in [-0.2, -0.15) is 0 Å². The van der Waals surface area contributed by atoms with Gasteiger partial charge in [-0.3, -0.25) is 4.79 Å². The Morgan fingerprint density at radius 2 is 1.95 bits per heavy atom. The molecule has 1 atom stereocenters. The molecule has 0 fully saturated rings. The van der Waals surface area contributed by atoms with Gasteiger partial charge in [0.2, 0.25) is 0 Å². The van der Waals surface area contributed by atoms with Crippen LogP contribution in [0.3, 0.4) is 0 Å². The minimum Gasteiger partial charge on any atom is -0.496 e. The van der Waals surface area contributed by atoms with Gasteiger partial charge >= 0.3 is 0 Å². The molecular formula is C17H20N2O2. The van der Waals surface area contributed by atoms with Crippen molar-refractivity contribution in [3.05, 3.63) is 59.2 Å². The molecule has 0 aromatic heterocycles. The topological polar surface area (TPSA) is 64.3 Å². The quantitative estimate of drug-likeness (QED) is 0.848. The number of nitrogen functional groups attached to an aromatic ring is 1. The molecule has 2 rings (SSSR count). The number of amides is 1. The molecule has 1 amide bonds. The lowest BCUT2D eigenvalue weighted by Gasteiger charge is -2.18. The number of para-hydroxylation sites is 1. The fourth-order valence-corrected chi connectivity index (χ4v) is 2.24. The fourth-order valence-electron chi connectivity index (χ4n) is 2.24. The molecular weight excluding hydrogens is 264 g/mol. The summed E-state index contributed by atoms with van der Waals surface area (Å²) in [6, 6.07) is 12.9. The predicted molar refractivity (Wildman–Crippen MR) is 84.5 cm³/mol. The van der Waals surface area contributed by atoms with E-state index in [9.17, 15) is 4.79 Å². The Morgan fingerprint density at radius 3 is 2.67 bits per heavy atom. The Morgan fingerprint density at radius 1 is 1.24 bits per heavy atom. The first-order valence-electron chi connectivity index (χ1n) is 6.83. The van der Waals surface area contributed by atoms with E-state index in [1.165, 1.54) is 0 Å². The first-order chi connectivity index (χ1) is 10.0. The molecule has 0 bridgehead atoms. The maximum absolute atomic E-state index is 12.4. The summed E-state index contributed by atoms with van der Waals surface area (Å²) in [5.74, 6) is 0.567. The Bertz CT molecular complexity index is 653. The van der Waals surface area contributed by atoms with Gasteiger partial charge in [-0.15, -0.1) is 0 Å². The SMILES string of the molecule is COc1ccccc1[C@@H](C)NC(=O)c1cc(C)ccc1N. The number of carbonyl (C=O) groups is 1. The van der Waals surface area contributed by atoms with E-state index in [-0.39, 0.29) is 11.9 Å². The van der Waals surface area contributed by atoms with Gasteiger partial charge < -0.3 is 15.8 Å². The lowest BCUT2D eigenvalue weighted by molar-refractivity contribution is 0.0940. The van der Waals surface area contributed by atoms with Crippen LogP contribution in [0.2, 0.25) is 0 Å². The van der Waals surface area contributed by atoms with Crippen LogP contribution in [0.15, 0.2) is 42.5 Å². The monoisotopic (exact) mass is 284 g/mol. The Labute approximate surface area is 124 Å². The summed E-state index contributed by atoms with van der Waals surface area (Å²) in [6.45, 7) is 3.85. The third-order valence-electron chi connectivity index (χ3n) is 3.41. The zero-order valence-electron chi connectivity index (χ0n) is 12.5. The molecule has 0 aliphatic rings. The van der Waals surface area contributed by atoms with E-state index >= 15 is 0 Å². The van der Waals surface area contributed by atoms with Crippen LogP contribution in [0, 0.1) is 6.92 Å². The highest BCUT2D eigenvalue weighted by Crippen LogP contribution is 2.25. The van der Waals surface area contributed by atoms with Crippen molar-refractivity contribution in [3.8, 4) is 5.75 Å². The zero-order valence-corrected chi connectivity index (χ0v) is 12.5. The highest BCUT2D eigenvalue weighted by molar-refractivity contribution is 5.99. The van der Waals surface area contributed by atoms with E-state index in [1.807, 2.05) is 44.2 Å². The van der Waals surface area contributed by atoms with Crippen LogP contribution in [0.1, 0.15) is 34.5 Å². The average molecular weight is 284 g/mol. The van der Waals surface area contributed by atoms with Crippen molar-refractivity contribution in [2.24, 2.45) is 0 Å². The zero-order chi connectivity index (χ0) is 15.4. The summed E-state index contributed by atoms with van der Waals surface area (Å²) in [4.78, 5) is 12.4. The van der Waals surface area contributed by atoms with Gasteiger partial charge in [-0.25, -0.2) is 0 Å². The third-order valence-corrected chi connectivity index (χ3v) is 3.41. The minimum atomic E-state index is -0.186. The summed E-state index contributed by atoms with van der Waals surface area (Å²) >= 11 is 0. The number of nitrogens with two attached hydrogens (primary N) is 1. The highest BCUT2D eigenvalue weighted by Gasteiger charge is 2.16. The molecule has 0 spiro atoms. The van der Waals surface area contributed by atoms with Gasteiger partial charge in [0.15, 0.2) is 0 Å². The van der Waals surface area contributed by atoms with Gasteiger partial charge in [-0.05, 0) is 32.0 Å². The first kappa shape index (κ1) is 14.9. The smallest absolute Gasteiger partial charge is 0.253 e. The van der Waals surface area contributed by atoms with Crippen LogP contribution in [-0.4, -0.2) is 13.0 Å². The molecule has 110 valence electrons. The van der Waals surface area contributed by atoms with Crippen molar-refractivity contribution in [2.45, 2.75) is 19.9 Å². The summed E-state index contributed by atoms with van der Waals surface area (Å²) in [6.07, 6.45) is 0. The Balaban J connectivity index is 2.21. The van der Waals surface area contributed by atoms with E-state index in [0.717, 1.165) is 16.9 Å². The van der Waals surface area contributed by atoms with E-state index in [4.69, 9.17) is 10.5 Å².